The number of rotatable bonds is 11. The summed E-state index contributed by atoms with van der Waals surface area (Å²) in [5.74, 6) is 2.74. The van der Waals surface area contributed by atoms with Gasteiger partial charge in [-0.2, -0.15) is 0 Å². The molecule has 2 heterocycles. The van der Waals surface area contributed by atoms with E-state index in [-0.39, 0.29) is 0 Å². The SMILES string of the molecule is CCNC(=NCc1ccc(N2CCC(C)CC2)nc1)NCCCOCCOC. The number of aliphatic imine (C=N–C) groups is 1. The second-order valence-electron chi connectivity index (χ2n) is 7.27. The first-order chi connectivity index (χ1) is 13.7. The van der Waals surface area contributed by atoms with E-state index in [1.807, 2.05) is 6.20 Å². The van der Waals surface area contributed by atoms with E-state index in [2.05, 4.69) is 51.5 Å². The minimum absolute atomic E-state index is 0.615. The van der Waals surface area contributed by atoms with E-state index >= 15 is 0 Å². The molecule has 158 valence electrons. The molecule has 1 aliphatic heterocycles. The van der Waals surface area contributed by atoms with Gasteiger partial charge in [0.25, 0.3) is 0 Å². The van der Waals surface area contributed by atoms with Crippen LogP contribution >= 0.6 is 0 Å². The molecule has 1 fully saturated rings. The van der Waals surface area contributed by atoms with Crippen molar-refractivity contribution < 1.29 is 9.47 Å². The van der Waals surface area contributed by atoms with Crippen molar-refractivity contribution >= 4 is 11.8 Å². The van der Waals surface area contributed by atoms with Crippen molar-refractivity contribution in [3.8, 4) is 0 Å². The summed E-state index contributed by atoms with van der Waals surface area (Å²) in [5.41, 5.74) is 1.12. The van der Waals surface area contributed by atoms with Crippen molar-refractivity contribution in [3.05, 3.63) is 23.9 Å². The van der Waals surface area contributed by atoms with Gasteiger partial charge >= 0.3 is 0 Å². The lowest BCUT2D eigenvalue weighted by Gasteiger charge is -2.31. The Morgan fingerprint density at radius 2 is 2.04 bits per heavy atom. The second kappa shape index (κ2) is 13.3. The fraction of sp³-hybridized carbons (Fsp3) is 0.714. The van der Waals surface area contributed by atoms with Gasteiger partial charge in [-0.05, 0) is 43.7 Å². The molecule has 1 aromatic heterocycles. The Bertz CT molecular complexity index is 556. The number of nitrogens with one attached hydrogen (secondary N) is 2. The number of hydrogen-bond donors (Lipinski definition) is 2. The van der Waals surface area contributed by atoms with Gasteiger partial charge in [0.05, 0.1) is 19.8 Å². The number of piperidine rings is 1. The van der Waals surface area contributed by atoms with Crippen molar-refractivity contribution in [2.24, 2.45) is 10.9 Å². The average molecular weight is 392 g/mol. The molecule has 0 radical (unpaired) electrons. The van der Waals surface area contributed by atoms with E-state index < -0.39 is 0 Å². The maximum absolute atomic E-state index is 5.47. The maximum atomic E-state index is 5.47. The average Bonchev–Trinajstić information content (AvgIpc) is 2.72. The fourth-order valence-electron chi connectivity index (χ4n) is 3.07. The van der Waals surface area contributed by atoms with Crippen LogP contribution in [0.5, 0.6) is 0 Å². The van der Waals surface area contributed by atoms with Crippen LogP contribution in [-0.2, 0) is 16.0 Å². The topological polar surface area (TPSA) is 71.0 Å². The lowest BCUT2D eigenvalue weighted by atomic mass is 9.99. The molecule has 0 unspecified atom stereocenters. The molecule has 7 heteroatoms. The quantitative estimate of drug-likeness (QED) is 0.343. The molecule has 28 heavy (non-hydrogen) atoms. The molecular weight excluding hydrogens is 354 g/mol. The second-order valence-corrected chi connectivity index (χ2v) is 7.27. The standard InChI is InChI=1S/C21H37N5O2/c1-4-22-21(23-10-5-13-28-15-14-27-3)25-17-19-6-7-20(24-16-19)26-11-8-18(2)9-12-26/h6-7,16,18H,4-5,8-15,17H2,1-3H3,(H2,22,23,25). The molecule has 0 aliphatic carbocycles. The lowest BCUT2D eigenvalue weighted by Crippen LogP contribution is -2.38. The van der Waals surface area contributed by atoms with Crippen LogP contribution in [0, 0.1) is 5.92 Å². The normalized spacial score (nSPS) is 15.7. The van der Waals surface area contributed by atoms with Crippen LogP contribution < -0.4 is 15.5 Å². The van der Waals surface area contributed by atoms with Crippen LogP contribution in [0.2, 0.25) is 0 Å². The van der Waals surface area contributed by atoms with Crippen LogP contribution in [-0.4, -0.2) is 64.1 Å². The molecule has 1 aliphatic rings. The highest BCUT2D eigenvalue weighted by Gasteiger charge is 2.16. The highest BCUT2D eigenvalue weighted by Crippen LogP contribution is 2.21. The molecular formula is C21H37N5O2. The Labute approximate surface area is 169 Å². The van der Waals surface area contributed by atoms with Gasteiger partial charge in [0.15, 0.2) is 5.96 Å². The van der Waals surface area contributed by atoms with Crippen LogP contribution in [0.15, 0.2) is 23.3 Å². The summed E-state index contributed by atoms with van der Waals surface area (Å²) in [7, 11) is 1.68. The maximum Gasteiger partial charge on any atom is 0.191 e. The number of nitrogens with zero attached hydrogens (tertiary/aromatic N) is 3. The van der Waals surface area contributed by atoms with Gasteiger partial charge in [-0.15, -0.1) is 0 Å². The molecule has 7 nitrogen and oxygen atoms in total. The number of ether oxygens (including phenoxy) is 2. The van der Waals surface area contributed by atoms with Gasteiger partial charge in [-0.1, -0.05) is 13.0 Å². The largest absolute Gasteiger partial charge is 0.382 e. The minimum atomic E-state index is 0.615. The van der Waals surface area contributed by atoms with Gasteiger partial charge in [-0.25, -0.2) is 9.98 Å². The first-order valence-corrected chi connectivity index (χ1v) is 10.5. The predicted molar refractivity (Wildman–Crippen MR) is 115 cm³/mol. The number of hydrogen-bond acceptors (Lipinski definition) is 5. The molecule has 0 aromatic carbocycles. The van der Waals surface area contributed by atoms with E-state index in [1.165, 1.54) is 12.8 Å². The lowest BCUT2D eigenvalue weighted by molar-refractivity contribution is 0.0698. The number of methoxy groups -OCH3 is 1. The zero-order valence-electron chi connectivity index (χ0n) is 17.7. The fourth-order valence-corrected chi connectivity index (χ4v) is 3.07. The molecule has 0 spiro atoms. The molecule has 1 saturated heterocycles. The summed E-state index contributed by atoms with van der Waals surface area (Å²) < 4.78 is 10.4. The van der Waals surface area contributed by atoms with Crippen molar-refractivity contribution in [2.45, 2.75) is 39.7 Å². The van der Waals surface area contributed by atoms with E-state index in [1.54, 1.807) is 7.11 Å². The molecule has 0 amide bonds. The molecule has 2 rings (SSSR count). The van der Waals surface area contributed by atoms with Gasteiger partial charge in [0, 0.05) is 46.1 Å². The van der Waals surface area contributed by atoms with Gasteiger partial charge in [0.1, 0.15) is 5.82 Å². The summed E-state index contributed by atoms with van der Waals surface area (Å²) in [6, 6.07) is 4.26. The Morgan fingerprint density at radius 1 is 1.21 bits per heavy atom. The third-order valence-electron chi connectivity index (χ3n) is 4.87. The van der Waals surface area contributed by atoms with Crippen LogP contribution in [0.1, 0.15) is 38.7 Å². The van der Waals surface area contributed by atoms with Gasteiger partial charge in [0.2, 0.25) is 0 Å². The highest BCUT2D eigenvalue weighted by atomic mass is 16.5. The number of aromatic nitrogens is 1. The van der Waals surface area contributed by atoms with Gasteiger partial charge in [-0.3, -0.25) is 0 Å². The van der Waals surface area contributed by atoms with Crippen molar-refractivity contribution in [3.63, 3.8) is 0 Å². The number of pyridine rings is 1. The van der Waals surface area contributed by atoms with Crippen LogP contribution in [0.3, 0.4) is 0 Å². The Balaban J connectivity index is 1.75. The van der Waals surface area contributed by atoms with E-state index in [9.17, 15) is 0 Å². The Morgan fingerprint density at radius 3 is 2.71 bits per heavy atom. The van der Waals surface area contributed by atoms with Crippen molar-refractivity contribution in [2.75, 3.05) is 58.0 Å². The molecule has 2 N–H and O–H groups in total. The summed E-state index contributed by atoms with van der Waals surface area (Å²) in [6.07, 6.45) is 5.38. The van der Waals surface area contributed by atoms with Crippen molar-refractivity contribution in [1.82, 2.24) is 15.6 Å². The summed E-state index contributed by atoms with van der Waals surface area (Å²) in [4.78, 5) is 11.7. The van der Waals surface area contributed by atoms with Crippen LogP contribution in [0.4, 0.5) is 5.82 Å². The minimum Gasteiger partial charge on any atom is -0.382 e. The summed E-state index contributed by atoms with van der Waals surface area (Å²) in [5, 5.41) is 6.63. The van der Waals surface area contributed by atoms with Crippen LogP contribution in [0.25, 0.3) is 0 Å². The molecule has 0 atom stereocenters. The van der Waals surface area contributed by atoms with E-state index in [0.717, 1.165) is 62.5 Å². The first kappa shape index (κ1) is 22.4. The monoisotopic (exact) mass is 391 g/mol. The zero-order valence-corrected chi connectivity index (χ0v) is 17.7. The third kappa shape index (κ3) is 8.44. The van der Waals surface area contributed by atoms with Crippen molar-refractivity contribution in [1.29, 1.82) is 0 Å². The smallest absolute Gasteiger partial charge is 0.191 e. The molecule has 0 bridgehead atoms. The Kier molecular flexibility index (Phi) is 10.7. The van der Waals surface area contributed by atoms with E-state index in [0.29, 0.717) is 19.8 Å². The number of guanidine groups is 1. The predicted octanol–water partition coefficient (Wildman–Crippen LogP) is 2.43. The Hall–Kier alpha value is -1.86. The molecule has 1 aromatic rings. The number of anilines is 1. The summed E-state index contributed by atoms with van der Waals surface area (Å²) in [6.45, 7) is 10.9. The molecule has 0 saturated carbocycles. The third-order valence-corrected chi connectivity index (χ3v) is 4.87. The zero-order chi connectivity index (χ0) is 20.0. The first-order valence-electron chi connectivity index (χ1n) is 10.5. The van der Waals surface area contributed by atoms with E-state index in [4.69, 9.17) is 9.47 Å². The highest BCUT2D eigenvalue weighted by molar-refractivity contribution is 5.79. The summed E-state index contributed by atoms with van der Waals surface area (Å²) >= 11 is 0. The van der Waals surface area contributed by atoms with Gasteiger partial charge < -0.3 is 25.0 Å².